The fourth-order valence-electron chi connectivity index (χ4n) is 13.2. The Morgan fingerprint density at radius 2 is 1.71 bits per heavy atom. The summed E-state index contributed by atoms with van der Waals surface area (Å²) in [6, 6.07) is 4.34. The average molecular weight is 703 g/mol. The maximum atomic E-state index is 14.0. The molecule has 4 saturated carbocycles. The van der Waals surface area contributed by atoms with Crippen molar-refractivity contribution in [1.29, 1.82) is 0 Å². The number of aromatic nitrogens is 1. The summed E-state index contributed by atoms with van der Waals surface area (Å²) in [6.07, 6.45) is 13.8. The molecule has 5 aliphatic rings. The molecule has 51 heavy (non-hydrogen) atoms. The second-order valence-electron chi connectivity index (χ2n) is 19.9. The van der Waals surface area contributed by atoms with Gasteiger partial charge in [0, 0.05) is 35.7 Å². The monoisotopic (exact) mass is 702 g/mol. The molecule has 6 rings (SSSR count). The Labute approximate surface area is 307 Å². The molecule has 7 nitrogen and oxygen atoms in total. The van der Waals surface area contributed by atoms with Crippen molar-refractivity contribution in [3.63, 3.8) is 0 Å². The Kier molecular flexibility index (Phi) is 9.80. The standard InChI is InChI=1S/C44H66N2O5/c1-27(2)36-31(47)24-44(21-23-46-28(3)29-12-11-22-45-26-29)20-19-42(9)30(37(36)44)13-14-33-41(8)17-16-34(51-35(48)25-39(4,5)38(49)50)40(6,7)32(41)15-18-43(33,42)10/h11-12,22,26-28,30,32-34,46H,13-21,23-25H2,1-10H3,(H,49,50)/t28-,30-,32+,33-,34+,41+,42-,43-,44-/m1/s1. The predicted octanol–water partition coefficient (Wildman–Crippen LogP) is 9.52. The third kappa shape index (κ3) is 6.04. The first-order valence-corrected chi connectivity index (χ1v) is 20.1. The second kappa shape index (κ2) is 13.1. The molecule has 0 radical (unpaired) electrons. The van der Waals surface area contributed by atoms with E-state index in [4.69, 9.17) is 4.74 Å². The van der Waals surface area contributed by atoms with Crippen molar-refractivity contribution in [3.05, 3.63) is 41.2 Å². The zero-order chi connectivity index (χ0) is 37.4. The average Bonchev–Trinajstić information content (AvgIpc) is 3.35. The number of esters is 1. The zero-order valence-electron chi connectivity index (χ0n) is 33.3. The first-order chi connectivity index (χ1) is 23.7. The number of nitrogens with one attached hydrogen (secondary N) is 1. The number of fused-ring (bicyclic) bond motifs is 7. The predicted molar refractivity (Wildman–Crippen MR) is 201 cm³/mol. The lowest BCUT2D eigenvalue weighted by atomic mass is 9.33. The minimum absolute atomic E-state index is 0.0496. The molecule has 282 valence electrons. The molecule has 0 aliphatic heterocycles. The highest BCUT2D eigenvalue weighted by atomic mass is 16.5. The summed E-state index contributed by atoms with van der Waals surface area (Å²) in [5, 5.41) is 13.4. The van der Waals surface area contributed by atoms with Crippen LogP contribution in [0.15, 0.2) is 35.7 Å². The second-order valence-corrected chi connectivity index (χ2v) is 19.9. The molecule has 2 N–H and O–H groups in total. The molecule has 0 amide bonds. The number of aliphatic carboxylic acids is 1. The Bertz CT molecular complexity index is 1560. The van der Waals surface area contributed by atoms with Crippen LogP contribution in [0, 0.1) is 56.2 Å². The molecule has 1 heterocycles. The molecule has 7 heteroatoms. The molecule has 9 atom stereocenters. The number of rotatable bonds is 10. The van der Waals surface area contributed by atoms with Gasteiger partial charge in [0.1, 0.15) is 6.10 Å². The van der Waals surface area contributed by atoms with Gasteiger partial charge in [-0.2, -0.15) is 0 Å². The summed E-state index contributed by atoms with van der Waals surface area (Å²) in [6.45, 7) is 23.1. The molecular weight excluding hydrogens is 636 g/mol. The van der Waals surface area contributed by atoms with Gasteiger partial charge in [0.2, 0.25) is 0 Å². The fraction of sp³-hybridized carbons (Fsp3) is 0.773. The number of Topliss-reactive ketones (excluding diaryl/α,β-unsaturated/α-hetero) is 1. The summed E-state index contributed by atoms with van der Waals surface area (Å²) in [5.74, 6) is 0.654. The minimum Gasteiger partial charge on any atom is -0.481 e. The molecule has 4 fully saturated rings. The molecule has 0 unspecified atom stereocenters. The van der Waals surface area contributed by atoms with E-state index in [0.29, 0.717) is 30.0 Å². The van der Waals surface area contributed by atoms with Gasteiger partial charge in [-0.15, -0.1) is 0 Å². The molecule has 0 saturated heterocycles. The first kappa shape index (κ1) is 38.2. The summed E-state index contributed by atoms with van der Waals surface area (Å²) >= 11 is 0. The topological polar surface area (TPSA) is 106 Å². The van der Waals surface area contributed by atoms with Crippen LogP contribution in [0.25, 0.3) is 0 Å². The van der Waals surface area contributed by atoms with Gasteiger partial charge in [0.15, 0.2) is 5.78 Å². The molecule has 0 spiro atoms. The van der Waals surface area contributed by atoms with Crippen molar-refractivity contribution in [1.82, 2.24) is 10.3 Å². The number of allylic oxidation sites excluding steroid dienone is 2. The maximum Gasteiger partial charge on any atom is 0.309 e. The van der Waals surface area contributed by atoms with E-state index in [9.17, 15) is 19.5 Å². The van der Waals surface area contributed by atoms with Gasteiger partial charge in [-0.05, 0) is 142 Å². The van der Waals surface area contributed by atoms with E-state index >= 15 is 0 Å². The lowest BCUT2D eigenvalue weighted by Gasteiger charge is -2.72. The van der Waals surface area contributed by atoms with Crippen LogP contribution >= 0.6 is 0 Å². The highest BCUT2D eigenvalue weighted by Gasteiger charge is 2.70. The Morgan fingerprint density at radius 1 is 0.980 bits per heavy atom. The van der Waals surface area contributed by atoms with Gasteiger partial charge in [0.25, 0.3) is 0 Å². The Balaban J connectivity index is 1.25. The summed E-state index contributed by atoms with van der Waals surface area (Å²) in [5.41, 5.74) is 2.86. The van der Waals surface area contributed by atoms with Crippen molar-refractivity contribution in [2.24, 2.45) is 56.2 Å². The smallest absolute Gasteiger partial charge is 0.309 e. The molecule has 1 aromatic rings. The van der Waals surface area contributed by atoms with Crippen LogP contribution < -0.4 is 5.32 Å². The SMILES string of the molecule is CC(C)C1=C2[C@H]3CC[C@@H]4[C@@]5(C)CC[C@H](OC(=O)CC(C)(C)C(=O)O)C(C)(C)[C@@H]5CC[C@@]4(C)[C@]3(C)CC[C@@]2(CCN[C@H](C)c2cccnc2)CC1=O. The summed E-state index contributed by atoms with van der Waals surface area (Å²) in [7, 11) is 0. The first-order valence-electron chi connectivity index (χ1n) is 20.1. The van der Waals surface area contributed by atoms with E-state index in [1.54, 1.807) is 19.4 Å². The number of nitrogens with zero attached hydrogens (tertiary/aromatic N) is 1. The lowest BCUT2D eigenvalue weighted by molar-refractivity contribution is -0.233. The molecule has 1 aromatic heterocycles. The number of carbonyl (C=O) groups is 3. The number of hydrogen-bond donors (Lipinski definition) is 2. The van der Waals surface area contributed by atoms with Crippen molar-refractivity contribution in [3.8, 4) is 0 Å². The van der Waals surface area contributed by atoms with E-state index in [1.165, 1.54) is 12.0 Å². The van der Waals surface area contributed by atoms with Crippen molar-refractivity contribution >= 4 is 17.7 Å². The number of ether oxygens (including phenoxy) is 1. The van der Waals surface area contributed by atoms with Crippen LogP contribution in [0.5, 0.6) is 0 Å². The lowest BCUT2D eigenvalue weighted by Crippen LogP contribution is -2.65. The van der Waals surface area contributed by atoms with Crippen LogP contribution in [0.2, 0.25) is 0 Å². The number of carboxylic acid groups (broad SMARTS) is 1. The third-order valence-corrected chi connectivity index (χ3v) is 16.2. The van der Waals surface area contributed by atoms with Gasteiger partial charge in [-0.3, -0.25) is 19.4 Å². The van der Waals surface area contributed by atoms with Gasteiger partial charge < -0.3 is 15.2 Å². The molecule has 5 aliphatic carbocycles. The minimum atomic E-state index is -1.15. The molecule has 0 bridgehead atoms. The van der Waals surface area contributed by atoms with E-state index in [1.807, 2.05) is 18.5 Å². The van der Waals surface area contributed by atoms with Gasteiger partial charge in [0.05, 0.1) is 11.8 Å². The number of carboxylic acids is 1. The third-order valence-electron chi connectivity index (χ3n) is 16.2. The quantitative estimate of drug-likeness (QED) is 0.234. The normalized spacial score (nSPS) is 38.0. The fourth-order valence-corrected chi connectivity index (χ4v) is 13.2. The summed E-state index contributed by atoms with van der Waals surface area (Å²) in [4.78, 5) is 43.2. The largest absolute Gasteiger partial charge is 0.481 e. The van der Waals surface area contributed by atoms with Crippen molar-refractivity contribution in [2.75, 3.05) is 6.54 Å². The van der Waals surface area contributed by atoms with Crippen LogP contribution in [0.3, 0.4) is 0 Å². The van der Waals surface area contributed by atoms with Crippen molar-refractivity contribution in [2.45, 2.75) is 152 Å². The van der Waals surface area contributed by atoms with Crippen LogP contribution in [0.4, 0.5) is 0 Å². The van der Waals surface area contributed by atoms with Gasteiger partial charge in [-0.1, -0.05) is 60.1 Å². The number of pyridine rings is 1. The van der Waals surface area contributed by atoms with E-state index < -0.39 is 17.4 Å². The maximum absolute atomic E-state index is 14.0. The molecule has 0 aromatic carbocycles. The highest BCUT2D eigenvalue weighted by molar-refractivity contribution is 6.00. The van der Waals surface area contributed by atoms with E-state index in [0.717, 1.165) is 63.5 Å². The van der Waals surface area contributed by atoms with Gasteiger partial charge in [-0.25, -0.2) is 0 Å². The number of ketones is 1. The number of carbonyl (C=O) groups excluding carboxylic acids is 2. The van der Waals surface area contributed by atoms with E-state index in [2.05, 4.69) is 71.8 Å². The zero-order valence-corrected chi connectivity index (χ0v) is 33.3. The highest BCUT2D eigenvalue weighted by Crippen LogP contribution is 2.77. The van der Waals surface area contributed by atoms with Gasteiger partial charge >= 0.3 is 11.9 Å². The number of hydrogen-bond acceptors (Lipinski definition) is 6. The van der Waals surface area contributed by atoms with Crippen LogP contribution in [-0.4, -0.2) is 40.5 Å². The Hall–Kier alpha value is -2.54. The molecular formula is C44H66N2O5. The van der Waals surface area contributed by atoms with Crippen molar-refractivity contribution < 1.29 is 24.2 Å². The van der Waals surface area contributed by atoms with Crippen LogP contribution in [-0.2, 0) is 19.1 Å². The summed E-state index contributed by atoms with van der Waals surface area (Å²) < 4.78 is 6.18. The Morgan fingerprint density at radius 3 is 2.35 bits per heavy atom. The van der Waals surface area contributed by atoms with E-state index in [-0.39, 0.29) is 51.6 Å². The van der Waals surface area contributed by atoms with Crippen LogP contribution in [0.1, 0.15) is 151 Å².